The molecule has 0 bridgehead atoms. The van der Waals surface area contributed by atoms with Gasteiger partial charge in [-0.05, 0) is 12.0 Å². The molecule has 0 spiro atoms. The molecule has 1 saturated heterocycles. The summed E-state index contributed by atoms with van der Waals surface area (Å²) in [4.78, 5) is 13.3. The van der Waals surface area contributed by atoms with E-state index in [1.54, 1.807) is 0 Å². The summed E-state index contributed by atoms with van der Waals surface area (Å²) in [5.74, 6) is -0.653. The van der Waals surface area contributed by atoms with E-state index >= 15 is 0 Å². The summed E-state index contributed by atoms with van der Waals surface area (Å²) < 4.78 is 0. The van der Waals surface area contributed by atoms with E-state index in [1.807, 2.05) is 25.1 Å². The van der Waals surface area contributed by atoms with Crippen molar-refractivity contribution in [2.24, 2.45) is 5.41 Å². The highest BCUT2D eigenvalue weighted by atomic mass is 16.4. The average molecular weight is 219 g/mol. The van der Waals surface area contributed by atoms with Gasteiger partial charge in [-0.25, -0.2) is 0 Å². The van der Waals surface area contributed by atoms with Crippen molar-refractivity contribution in [3.05, 3.63) is 35.9 Å². The fourth-order valence-electron chi connectivity index (χ4n) is 2.27. The molecule has 1 aliphatic rings. The Bertz CT molecular complexity index is 369. The summed E-state index contributed by atoms with van der Waals surface area (Å²) in [7, 11) is 0. The van der Waals surface area contributed by atoms with Crippen LogP contribution in [0.2, 0.25) is 0 Å². The highest BCUT2D eigenvalue weighted by molar-refractivity contribution is 5.76. The molecule has 86 valence electrons. The van der Waals surface area contributed by atoms with Gasteiger partial charge in [0.25, 0.3) is 0 Å². The summed E-state index contributed by atoms with van der Waals surface area (Å²) in [5, 5.41) is 9.14. The maximum Gasteiger partial charge on any atom is 0.312 e. The van der Waals surface area contributed by atoms with Crippen LogP contribution in [0.5, 0.6) is 0 Å². The van der Waals surface area contributed by atoms with Crippen molar-refractivity contribution in [1.82, 2.24) is 4.90 Å². The Balaban J connectivity index is 1.91. The van der Waals surface area contributed by atoms with Crippen LogP contribution in [0.4, 0.5) is 0 Å². The molecule has 0 aromatic heterocycles. The fourth-order valence-corrected chi connectivity index (χ4v) is 2.27. The highest BCUT2D eigenvalue weighted by Crippen LogP contribution is 2.34. The molecule has 16 heavy (non-hydrogen) atoms. The van der Waals surface area contributed by atoms with E-state index in [1.165, 1.54) is 5.56 Å². The SMILES string of the molecule is CCC1(C(=O)O)CN(Cc2ccccc2)C1. The van der Waals surface area contributed by atoms with Gasteiger partial charge in [0, 0.05) is 19.6 Å². The van der Waals surface area contributed by atoms with Gasteiger partial charge in [0.2, 0.25) is 0 Å². The summed E-state index contributed by atoms with van der Waals surface area (Å²) in [5.41, 5.74) is 0.756. The number of hydrogen-bond donors (Lipinski definition) is 1. The molecule has 3 heteroatoms. The van der Waals surface area contributed by atoms with Gasteiger partial charge in [0.15, 0.2) is 0 Å². The summed E-state index contributed by atoms with van der Waals surface area (Å²) >= 11 is 0. The normalized spacial score (nSPS) is 19.1. The third-order valence-electron chi connectivity index (χ3n) is 3.43. The lowest BCUT2D eigenvalue weighted by Gasteiger charge is -2.46. The zero-order chi connectivity index (χ0) is 11.6. The first-order chi connectivity index (χ1) is 7.66. The second kappa shape index (κ2) is 4.26. The predicted octanol–water partition coefficient (Wildman–Crippen LogP) is 1.98. The Hall–Kier alpha value is -1.35. The Morgan fingerprint density at radius 1 is 1.38 bits per heavy atom. The maximum absolute atomic E-state index is 11.1. The number of aliphatic carboxylic acids is 1. The van der Waals surface area contributed by atoms with Crippen LogP contribution in [-0.2, 0) is 11.3 Å². The van der Waals surface area contributed by atoms with E-state index < -0.39 is 11.4 Å². The molecule has 1 fully saturated rings. The standard InChI is InChI=1S/C13H17NO2/c1-2-13(12(15)16)9-14(10-13)8-11-6-4-3-5-7-11/h3-7H,2,8-10H2,1H3,(H,15,16). The van der Waals surface area contributed by atoms with Gasteiger partial charge >= 0.3 is 5.97 Å². The topological polar surface area (TPSA) is 40.5 Å². The first-order valence-electron chi connectivity index (χ1n) is 5.66. The van der Waals surface area contributed by atoms with E-state index in [2.05, 4.69) is 17.0 Å². The monoisotopic (exact) mass is 219 g/mol. The van der Waals surface area contributed by atoms with Crippen molar-refractivity contribution in [2.75, 3.05) is 13.1 Å². The molecule has 0 unspecified atom stereocenters. The lowest BCUT2D eigenvalue weighted by atomic mass is 9.77. The van der Waals surface area contributed by atoms with Gasteiger partial charge in [-0.1, -0.05) is 37.3 Å². The van der Waals surface area contributed by atoms with Gasteiger partial charge in [-0.2, -0.15) is 0 Å². The molecule has 3 nitrogen and oxygen atoms in total. The van der Waals surface area contributed by atoms with Crippen LogP contribution >= 0.6 is 0 Å². The zero-order valence-electron chi connectivity index (χ0n) is 9.52. The number of carboxylic acid groups (broad SMARTS) is 1. The molecule has 1 N–H and O–H groups in total. The largest absolute Gasteiger partial charge is 0.481 e. The summed E-state index contributed by atoms with van der Waals surface area (Å²) in [6.07, 6.45) is 0.716. The fraction of sp³-hybridized carbons (Fsp3) is 0.462. The molecular formula is C13H17NO2. The van der Waals surface area contributed by atoms with Crippen LogP contribution in [0.3, 0.4) is 0 Å². The van der Waals surface area contributed by atoms with E-state index in [4.69, 9.17) is 5.11 Å². The smallest absolute Gasteiger partial charge is 0.312 e. The molecule has 0 saturated carbocycles. The van der Waals surface area contributed by atoms with Crippen molar-refractivity contribution in [3.8, 4) is 0 Å². The molecular weight excluding hydrogens is 202 g/mol. The third kappa shape index (κ3) is 1.95. The zero-order valence-corrected chi connectivity index (χ0v) is 9.52. The molecule has 0 amide bonds. The Kier molecular flexibility index (Phi) is 2.97. The minimum atomic E-state index is -0.653. The average Bonchev–Trinajstić information content (AvgIpc) is 2.24. The molecule has 2 rings (SSSR count). The van der Waals surface area contributed by atoms with Crippen molar-refractivity contribution < 1.29 is 9.90 Å². The van der Waals surface area contributed by atoms with E-state index in [9.17, 15) is 4.79 Å². The van der Waals surface area contributed by atoms with Gasteiger partial charge in [-0.15, -0.1) is 0 Å². The van der Waals surface area contributed by atoms with Crippen LogP contribution in [0.15, 0.2) is 30.3 Å². The number of benzene rings is 1. The Labute approximate surface area is 95.7 Å². The Morgan fingerprint density at radius 3 is 2.50 bits per heavy atom. The maximum atomic E-state index is 11.1. The van der Waals surface area contributed by atoms with Crippen LogP contribution in [0.25, 0.3) is 0 Å². The molecule has 0 aliphatic carbocycles. The third-order valence-corrected chi connectivity index (χ3v) is 3.43. The second-order valence-corrected chi connectivity index (χ2v) is 4.57. The number of carboxylic acids is 1. The molecule has 1 aromatic rings. The number of rotatable bonds is 4. The number of nitrogens with zero attached hydrogens (tertiary/aromatic N) is 1. The van der Waals surface area contributed by atoms with Gasteiger partial charge in [-0.3, -0.25) is 9.69 Å². The summed E-state index contributed by atoms with van der Waals surface area (Å²) in [6, 6.07) is 10.2. The van der Waals surface area contributed by atoms with Crippen LogP contribution in [-0.4, -0.2) is 29.1 Å². The molecule has 0 radical (unpaired) electrons. The highest BCUT2D eigenvalue weighted by Gasteiger charge is 2.47. The first kappa shape index (κ1) is 11.1. The minimum Gasteiger partial charge on any atom is -0.481 e. The number of carbonyl (C=O) groups is 1. The van der Waals surface area contributed by atoms with E-state index in [0.29, 0.717) is 19.5 Å². The van der Waals surface area contributed by atoms with Gasteiger partial charge < -0.3 is 5.11 Å². The number of likely N-dealkylation sites (tertiary alicyclic amines) is 1. The van der Waals surface area contributed by atoms with Crippen molar-refractivity contribution in [1.29, 1.82) is 0 Å². The van der Waals surface area contributed by atoms with Crippen LogP contribution in [0, 0.1) is 5.41 Å². The first-order valence-corrected chi connectivity index (χ1v) is 5.66. The predicted molar refractivity (Wildman–Crippen MR) is 62.1 cm³/mol. The van der Waals surface area contributed by atoms with Gasteiger partial charge in [0.1, 0.15) is 0 Å². The molecule has 1 heterocycles. The number of hydrogen-bond acceptors (Lipinski definition) is 2. The molecule has 0 atom stereocenters. The quantitative estimate of drug-likeness (QED) is 0.841. The van der Waals surface area contributed by atoms with E-state index in [0.717, 1.165) is 6.54 Å². The summed E-state index contributed by atoms with van der Waals surface area (Å²) in [6.45, 7) is 4.16. The van der Waals surface area contributed by atoms with Crippen molar-refractivity contribution >= 4 is 5.97 Å². The lowest BCUT2D eigenvalue weighted by molar-refractivity contribution is -0.161. The van der Waals surface area contributed by atoms with Crippen molar-refractivity contribution in [2.45, 2.75) is 19.9 Å². The van der Waals surface area contributed by atoms with Crippen LogP contribution < -0.4 is 0 Å². The second-order valence-electron chi connectivity index (χ2n) is 4.57. The molecule has 1 aliphatic heterocycles. The van der Waals surface area contributed by atoms with Crippen LogP contribution in [0.1, 0.15) is 18.9 Å². The minimum absolute atomic E-state index is 0.491. The van der Waals surface area contributed by atoms with Crippen molar-refractivity contribution in [3.63, 3.8) is 0 Å². The van der Waals surface area contributed by atoms with Gasteiger partial charge in [0.05, 0.1) is 5.41 Å². The lowest BCUT2D eigenvalue weighted by Crippen LogP contribution is -2.59. The Morgan fingerprint density at radius 2 is 2.00 bits per heavy atom. The molecule has 1 aromatic carbocycles. The van der Waals surface area contributed by atoms with E-state index in [-0.39, 0.29) is 0 Å².